The van der Waals surface area contributed by atoms with Crippen LogP contribution in [0, 0.1) is 0 Å². The maximum absolute atomic E-state index is 12.6. The molecule has 8 nitrogen and oxygen atoms in total. The first-order valence-electron chi connectivity index (χ1n) is 9.02. The number of urea groups is 1. The van der Waals surface area contributed by atoms with Gasteiger partial charge in [0.15, 0.2) is 11.5 Å². The number of hydrogen-bond acceptors (Lipinski definition) is 5. The number of hydrogen-bond donors (Lipinski definition) is 3. The largest absolute Gasteiger partial charge is 0.504 e. The van der Waals surface area contributed by atoms with Crippen molar-refractivity contribution >= 4 is 29.6 Å². The van der Waals surface area contributed by atoms with Crippen LogP contribution in [0.1, 0.15) is 18.1 Å². The minimum absolute atomic E-state index is 0.0414. The van der Waals surface area contributed by atoms with Crippen molar-refractivity contribution < 1.29 is 24.2 Å². The number of methoxy groups -OCH3 is 1. The summed E-state index contributed by atoms with van der Waals surface area (Å²) in [7, 11) is 1.41. The highest BCUT2D eigenvalue weighted by atomic mass is 16.5. The SMILES string of the molecule is CCc1ccccc1NC(=O)CN1C(=O)N/C(=C\c2cccc(OC)c2O)C1=O. The van der Waals surface area contributed by atoms with Crippen LogP contribution in [0.25, 0.3) is 6.08 Å². The molecule has 1 aliphatic rings. The number of rotatable bonds is 6. The van der Waals surface area contributed by atoms with Crippen LogP contribution in [0.3, 0.4) is 0 Å². The van der Waals surface area contributed by atoms with Crippen molar-refractivity contribution in [1.29, 1.82) is 0 Å². The van der Waals surface area contributed by atoms with E-state index in [-0.39, 0.29) is 17.2 Å². The molecule has 29 heavy (non-hydrogen) atoms. The molecular weight excluding hydrogens is 374 g/mol. The van der Waals surface area contributed by atoms with Gasteiger partial charge in [-0.15, -0.1) is 0 Å². The molecule has 1 heterocycles. The van der Waals surface area contributed by atoms with Crippen molar-refractivity contribution in [3.63, 3.8) is 0 Å². The predicted octanol–water partition coefficient (Wildman–Crippen LogP) is 2.49. The Bertz CT molecular complexity index is 1000. The van der Waals surface area contributed by atoms with Crippen LogP contribution < -0.4 is 15.4 Å². The standard InChI is InChI=1S/C21H21N3O5/c1-3-13-7-4-5-9-15(13)22-18(25)12-24-20(27)16(23-21(24)28)11-14-8-6-10-17(29-2)19(14)26/h4-11,26H,3,12H2,1-2H3,(H,22,25)(H,23,28)/b16-11-. The molecule has 8 heteroatoms. The van der Waals surface area contributed by atoms with Gasteiger partial charge >= 0.3 is 6.03 Å². The Morgan fingerprint density at radius 2 is 1.97 bits per heavy atom. The van der Waals surface area contributed by atoms with E-state index in [0.29, 0.717) is 11.3 Å². The van der Waals surface area contributed by atoms with Crippen molar-refractivity contribution in [1.82, 2.24) is 10.2 Å². The van der Waals surface area contributed by atoms with E-state index in [9.17, 15) is 19.5 Å². The van der Waals surface area contributed by atoms with Crippen LogP contribution >= 0.6 is 0 Å². The number of carbonyl (C=O) groups excluding carboxylic acids is 3. The minimum atomic E-state index is -0.706. The number of phenols is 1. The maximum Gasteiger partial charge on any atom is 0.329 e. The number of carbonyl (C=O) groups is 3. The summed E-state index contributed by atoms with van der Waals surface area (Å²) in [6, 6.07) is 11.4. The van der Waals surface area contributed by atoms with Crippen LogP contribution in [0.15, 0.2) is 48.2 Å². The molecule has 3 N–H and O–H groups in total. The van der Waals surface area contributed by atoms with E-state index in [2.05, 4.69) is 10.6 Å². The van der Waals surface area contributed by atoms with Crippen molar-refractivity contribution in [3.8, 4) is 11.5 Å². The Kier molecular flexibility index (Phi) is 5.82. The number of nitrogens with zero attached hydrogens (tertiary/aromatic N) is 1. The van der Waals surface area contributed by atoms with Gasteiger partial charge in [0.2, 0.25) is 5.91 Å². The Morgan fingerprint density at radius 1 is 1.21 bits per heavy atom. The number of aryl methyl sites for hydroxylation is 1. The van der Waals surface area contributed by atoms with Gasteiger partial charge in [-0.05, 0) is 30.2 Å². The second-order valence-electron chi connectivity index (χ2n) is 6.34. The second-order valence-corrected chi connectivity index (χ2v) is 6.34. The van der Waals surface area contributed by atoms with E-state index in [1.54, 1.807) is 30.3 Å². The molecule has 150 valence electrons. The monoisotopic (exact) mass is 395 g/mol. The third kappa shape index (κ3) is 4.21. The van der Waals surface area contributed by atoms with Crippen LogP contribution in [0.5, 0.6) is 11.5 Å². The highest BCUT2D eigenvalue weighted by molar-refractivity contribution is 6.16. The minimum Gasteiger partial charge on any atom is -0.504 e. The average Bonchev–Trinajstić information content (AvgIpc) is 2.97. The van der Waals surface area contributed by atoms with Gasteiger partial charge in [-0.25, -0.2) is 9.69 Å². The van der Waals surface area contributed by atoms with Gasteiger partial charge in [-0.2, -0.15) is 0 Å². The summed E-state index contributed by atoms with van der Waals surface area (Å²) in [5.41, 5.74) is 1.85. The Balaban J connectivity index is 1.75. The molecule has 0 saturated carbocycles. The smallest absolute Gasteiger partial charge is 0.329 e. The van der Waals surface area contributed by atoms with Gasteiger partial charge in [0.1, 0.15) is 12.2 Å². The second kappa shape index (κ2) is 8.47. The molecular formula is C21H21N3O5. The van der Waals surface area contributed by atoms with E-state index in [0.717, 1.165) is 16.9 Å². The molecule has 0 radical (unpaired) electrons. The zero-order valence-corrected chi connectivity index (χ0v) is 16.1. The zero-order chi connectivity index (χ0) is 21.0. The Hall–Kier alpha value is -3.81. The van der Waals surface area contributed by atoms with Crippen molar-refractivity contribution in [2.75, 3.05) is 19.0 Å². The number of para-hydroxylation sites is 2. The van der Waals surface area contributed by atoms with Gasteiger partial charge in [-0.1, -0.05) is 37.3 Å². The molecule has 3 rings (SSSR count). The quantitative estimate of drug-likeness (QED) is 0.514. The number of nitrogens with one attached hydrogen (secondary N) is 2. The van der Waals surface area contributed by atoms with Crippen molar-refractivity contribution in [2.45, 2.75) is 13.3 Å². The number of imide groups is 1. The number of amides is 4. The summed E-state index contributed by atoms with van der Waals surface area (Å²) < 4.78 is 5.03. The molecule has 2 aromatic carbocycles. The first-order chi connectivity index (χ1) is 13.9. The number of aromatic hydroxyl groups is 1. The Morgan fingerprint density at radius 3 is 2.69 bits per heavy atom. The molecule has 4 amide bonds. The Labute approximate surface area is 167 Å². The normalized spacial score (nSPS) is 14.8. The lowest BCUT2D eigenvalue weighted by molar-refractivity contribution is -0.127. The fraction of sp³-hybridized carbons (Fsp3) is 0.190. The molecule has 0 aromatic heterocycles. The van der Waals surface area contributed by atoms with Crippen LogP contribution in [-0.2, 0) is 16.0 Å². The first-order valence-corrected chi connectivity index (χ1v) is 9.02. The summed E-state index contributed by atoms with van der Waals surface area (Å²) in [6.07, 6.45) is 2.07. The molecule has 0 bridgehead atoms. The number of phenolic OH excluding ortho intramolecular Hbond substituents is 1. The third-order valence-corrected chi connectivity index (χ3v) is 4.49. The average molecular weight is 395 g/mol. The molecule has 1 aliphatic heterocycles. The van der Waals surface area contributed by atoms with E-state index in [1.807, 2.05) is 19.1 Å². The molecule has 1 fully saturated rings. The van der Waals surface area contributed by atoms with Crippen LogP contribution in [-0.4, -0.2) is 41.5 Å². The molecule has 0 atom stereocenters. The lowest BCUT2D eigenvalue weighted by Crippen LogP contribution is -2.38. The lowest BCUT2D eigenvalue weighted by Gasteiger charge is -2.13. The number of ether oxygens (including phenoxy) is 1. The molecule has 2 aromatic rings. The summed E-state index contributed by atoms with van der Waals surface area (Å²) in [5.74, 6) is -1.06. The van der Waals surface area contributed by atoms with Gasteiger partial charge in [0, 0.05) is 11.3 Å². The fourth-order valence-corrected chi connectivity index (χ4v) is 2.98. The van der Waals surface area contributed by atoms with E-state index < -0.39 is 24.4 Å². The fourth-order valence-electron chi connectivity index (χ4n) is 2.98. The summed E-state index contributed by atoms with van der Waals surface area (Å²) in [5, 5.41) is 15.3. The highest BCUT2D eigenvalue weighted by Crippen LogP contribution is 2.31. The zero-order valence-electron chi connectivity index (χ0n) is 16.1. The van der Waals surface area contributed by atoms with Crippen molar-refractivity contribution in [2.24, 2.45) is 0 Å². The van der Waals surface area contributed by atoms with Crippen molar-refractivity contribution in [3.05, 3.63) is 59.3 Å². The van der Waals surface area contributed by atoms with E-state index >= 15 is 0 Å². The number of benzene rings is 2. The lowest BCUT2D eigenvalue weighted by atomic mass is 10.1. The third-order valence-electron chi connectivity index (χ3n) is 4.49. The molecule has 1 saturated heterocycles. The van der Waals surface area contributed by atoms with Crippen LogP contribution in [0.4, 0.5) is 10.5 Å². The first kappa shape index (κ1) is 19.9. The van der Waals surface area contributed by atoms with Gasteiger partial charge in [0.05, 0.1) is 7.11 Å². The number of anilines is 1. The van der Waals surface area contributed by atoms with E-state index in [1.165, 1.54) is 13.2 Å². The molecule has 0 spiro atoms. The van der Waals surface area contributed by atoms with Crippen LogP contribution in [0.2, 0.25) is 0 Å². The summed E-state index contributed by atoms with van der Waals surface area (Å²) >= 11 is 0. The topological polar surface area (TPSA) is 108 Å². The van der Waals surface area contributed by atoms with Gasteiger partial charge in [0.25, 0.3) is 5.91 Å². The predicted molar refractivity (Wildman–Crippen MR) is 107 cm³/mol. The van der Waals surface area contributed by atoms with E-state index in [4.69, 9.17) is 4.74 Å². The summed E-state index contributed by atoms with van der Waals surface area (Å²) in [4.78, 5) is 38.0. The molecule has 0 unspecified atom stereocenters. The summed E-state index contributed by atoms with van der Waals surface area (Å²) in [6.45, 7) is 1.54. The molecule has 0 aliphatic carbocycles. The maximum atomic E-state index is 12.6. The highest BCUT2D eigenvalue weighted by Gasteiger charge is 2.35. The van der Waals surface area contributed by atoms with Gasteiger partial charge < -0.3 is 20.5 Å². The van der Waals surface area contributed by atoms with Gasteiger partial charge in [-0.3, -0.25) is 9.59 Å².